The molecule has 130 valence electrons. The minimum atomic E-state index is -3.60. The van der Waals surface area contributed by atoms with Crippen LogP contribution in [0.5, 0.6) is 0 Å². The van der Waals surface area contributed by atoms with Gasteiger partial charge in [-0.1, -0.05) is 0 Å². The molecule has 0 atom stereocenters. The highest BCUT2D eigenvalue weighted by Gasteiger charge is 2.15. The van der Waals surface area contributed by atoms with Crippen LogP contribution in [0.1, 0.15) is 10.4 Å². The van der Waals surface area contributed by atoms with Crippen LogP contribution < -0.4 is 5.32 Å². The van der Waals surface area contributed by atoms with Gasteiger partial charge in [0.15, 0.2) is 9.84 Å². The number of fused-ring (bicyclic) bond motifs is 1. The second kappa shape index (κ2) is 6.60. The van der Waals surface area contributed by atoms with Gasteiger partial charge in [-0.05, 0) is 30.3 Å². The number of halogens is 1. The van der Waals surface area contributed by atoms with Crippen LogP contribution in [-0.4, -0.2) is 41.4 Å². The number of carbonyl (C=O) groups excluding carboxylic acids is 1. The Kier molecular flexibility index (Phi) is 4.49. The van der Waals surface area contributed by atoms with Crippen molar-refractivity contribution in [1.82, 2.24) is 20.1 Å². The molecule has 0 saturated heterocycles. The van der Waals surface area contributed by atoms with E-state index in [1.807, 2.05) is 0 Å². The highest BCUT2D eigenvalue weighted by molar-refractivity contribution is 7.91. The zero-order chi connectivity index (χ0) is 18.0. The lowest BCUT2D eigenvalue weighted by atomic mass is 10.2. The molecule has 0 fully saturated rings. The minimum Gasteiger partial charge on any atom is -0.351 e. The molecule has 0 bridgehead atoms. The summed E-state index contributed by atoms with van der Waals surface area (Å²) in [6.07, 6.45) is 3.00. The van der Waals surface area contributed by atoms with Gasteiger partial charge in [0.2, 0.25) is 0 Å². The third-order valence-electron chi connectivity index (χ3n) is 3.69. The van der Waals surface area contributed by atoms with E-state index in [1.54, 1.807) is 24.0 Å². The SMILES string of the molecule is Cn1ncc2ncc(C(=O)NCCS(=O)(=O)c3ccc(F)cc3)cc21. The average Bonchev–Trinajstić information content (AvgIpc) is 2.95. The van der Waals surface area contributed by atoms with E-state index in [0.29, 0.717) is 16.6 Å². The Labute approximate surface area is 143 Å². The first kappa shape index (κ1) is 17.0. The van der Waals surface area contributed by atoms with Crippen molar-refractivity contribution in [2.75, 3.05) is 12.3 Å². The molecule has 1 N–H and O–H groups in total. The lowest BCUT2D eigenvalue weighted by molar-refractivity contribution is 0.0956. The highest BCUT2D eigenvalue weighted by Crippen LogP contribution is 2.13. The monoisotopic (exact) mass is 362 g/mol. The summed E-state index contributed by atoms with van der Waals surface area (Å²) in [5, 5.41) is 6.60. The molecule has 0 aliphatic heterocycles. The number of carbonyl (C=O) groups is 1. The smallest absolute Gasteiger partial charge is 0.252 e. The van der Waals surface area contributed by atoms with Gasteiger partial charge in [-0.15, -0.1) is 0 Å². The van der Waals surface area contributed by atoms with E-state index in [1.165, 1.54) is 18.3 Å². The van der Waals surface area contributed by atoms with Gasteiger partial charge in [-0.2, -0.15) is 5.10 Å². The third-order valence-corrected chi connectivity index (χ3v) is 5.42. The molecule has 1 aromatic carbocycles. The maximum atomic E-state index is 12.9. The number of nitrogens with zero attached hydrogens (tertiary/aromatic N) is 3. The molecule has 0 radical (unpaired) electrons. The lowest BCUT2D eigenvalue weighted by Gasteiger charge is -2.07. The molecule has 0 unspecified atom stereocenters. The number of sulfone groups is 1. The predicted molar refractivity (Wildman–Crippen MR) is 89.3 cm³/mol. The molecule has 9 heteroatoms. The quantitative estimate of drug-likeness (QED) is 0.691. The zero-order valence-corrected chi connectivity index (χ0v) is 14.1. The fourth-order valence-corrected chi connectivity index (χ4v) is 3.47. The molecule has 3 rings (SSSR count). The van der Waals surface area contributed by atoms with E-state index in [9.17, 15) is 17.6 Å². The molecule has 2 aromatic heterocycles. The molecule has 0 aliphatic rings. The summed E-state index contributed by atoms with van der Waals surface area (Å²) >= 11 is 0. The van der Waals surface area contributed by atoms with E-state index in [2.05, 4.69) is 15.4 Å². The Hall–Kier alpha value is -2.81. The van der Waals surface area contributed by atoms with Gasteiger partial charge in [0.25, 0.3) is 5.91 Å². The zero-order valence-electron chi connectivity index (χ0n) is 13.3. The van der Waals surface area contributed by atoms with Crippen molar-refractivity contribution >= 4 is 26.8 Å². The van der Waals surface area contributed by atoms with Crippen molar-refractivity contribution in [2.45, 2.75) is 4.90 Å². The summed E-state index contributed by atoms with van der Waals surface area (Å²) < 4.78 is 38.8. The molecule has 1 amide bonds. The molecule has 2 heterocycles. The second-order valence-electron chi connectivity index (χ2n) is 5.43. The van der Waals surface area contributed by atoms with Crippen molar-refractivity contribution in [3.05, 3.63) is 54.1 Å². The normalized spacial score (nSPS) is 11.6. The number of hydrogen-bond donors (Lipinski definition) is 1. The number of pyridine rings is 1. The van der Waals surface area contributed by atoms with Crippen molar-refractivity contribution in [1.29, 1.82) is 0 Å². The van der Waals surface area contributed by atoms with E-state index in [0.717, 1.165) is 12.1 Å². The van der Waals surface area contributed by atoms with Crippen LogP contribution in [0.2, 0.25) is 0 Å². The van der Waals surface area contributed by atoms with E-state index in [-0.39, 0.29) is 17.2 Å². The number of hydrogen-bond acceptors (Lipinski definition) is 5. The molecule has 7 nitrogen and oxygen atoms in total. The number of rotatable bonds is 5. The van der Waals surface area contributed by atoms with Crippen LogP contribution in [-0.2, 0) is 16.9 Å². The first-order valence-corrected chi connectivity index (χ1v) is 9.06. The number of aromatic nitrogens is 3. The van der Waals surface area contributed by atoms with Crippen molar-refractivity contribution in [3.8, 4) is 0 Å². The summed E-state index contributed by atoms with van der Waals surface area (Å²) in [7, 11) is -1.86. The second-order valence-corrected chi connectivity index (χ2v) is 7.53. The highest BCUT2D eigenvalue weighted by atomic mass is 32.2. The molecule has 3 aromatic rings. The van der Waals surface area contributed by atoms with Crippen molar-refractivity contribution < 1.29 is 17.6 Å². The standard InChI is InChI=1S/C16H15FN4O3S/c1-21-15-8-11(9-19-14(15)10-20-21)16(22)18-6-7-25(23,24)13-4-2-12(17)3-5-13/h2-5,8-10H,6-7H2,1H3,(H,18,22). The van der Waals surface area contributed by atoms with Gasteiger partial charge < -0.3 is 5.32 Å². The number of benzene rings is 1. The third kappa shape index (κ3) is 3.66. The first-order valence-electron chi connectivity index (χ1n) is 7.41. The topological polar surface area (TPSA) is 93.9 Å². The van der Waals surface area contributed by atoms with Gasteiger partial charge in [0.05, 0.1) is 27.9 Å². The van der Waals surface area contributed by atoms with E-state index >= 15 is 0 Å². The van der Waals surface area contributed by atoms with Crippen molar-refractivity contribution in [2.24, 2.45) is 7.05 Å². The van der Waals surface area contributed by atoms with Crippen LogP contribution in [0.3, 0.4) is 0 Å². The summed E-state index contributed by atoms with van der Waals surface area (Å²) in [4.78, 5) is 16.3. The number of nitrogens with one attached hydrogen (secondary N) is 1. The fourth-order valence-electron chi connectivity index (χ4n) is 2.31. The van der Waals surface area contributed by atoms with Crippen LogP contribution >= 0.6 is 0 Å². The Bertz CT molecular complexity index is 1030. The predicted octanol–water partition coefficient (Wildman–Crippen LogP) is 1.31. The van der Waals surface area contributed by atoms with Gasteiger partial charge in [-0.3, -0.25) is 14.5 Å². The molecule has 0 saturated carbocycles. The van der Waals surface area contributed by atoms with Crippen LogP contribution in [0.25, 0.3) is 11.0 Å². The Balaban J connectivity index is 1.65. The maximum Gasteiger partial charge on any atom is 0.252 e. The van der Waals surface area contributed by atoms with Gasteiger partial charge in [0.1, 0.15) is 11.3 Å². The Morgan fingerprint density at radius 1 is 1.24 bits per heavy atom. The maximum absolute atomic E-state index is 12.9. The Morgan fingerprint density at radius 2 is 1.96 bits per heavy atom. The lowest BCUT2D eigenvalue weighted by Crippen LogP contribution is -2.29. The van der Waals surface area contributed by atoms with Crippen molar-refractivity contribution in [3.63, 3.8) is 0 Å². The average molecular weight is 362 g/mol. The van der Waals surface area contributed by atoms with Crippen LogP contribution in [0, 0.1) is 5.82 Å². The summed E-state index contributed by atoms with van der Waals surface area (Å²) in [5.74, 6) is -1.22. The van der Waals surface area contributed by atoms with Gasteiger partial charge in [-0.25, -0.2) is 12.8 Å². The summed E-state index contributed by atoms with van der Waals surface area (Å²) in [6.45, 7) is -0.0675. The largest absolute Gasteiger partial charge is 0.351 e. The summed E-state index contributed by atoms with van der Waals surface area (Å²) in [6, 6.07) is 6.21. The fraction of sp³-hybridized carbons (Fsp3) is 0.188. The Morgan fingerprint density at radius 3 is 2.68 bits per heavy atom. The van der Waals surface area contributed by atoms with Gasteiger partial charge in [0, 0.05) is 19.8 Å². The van der Waals surface area contributed by atoms with Gasteiger partial charge >= 0.3 is 0 Å². The molecule has 0 spiro atoms. The molecular weight excluding hydrogens is 347 g/mol. The van der Waals surface area contributed by atoms with Crippen LogP contribution in [0.15, 0.2) is 47.6 Å². The number of aryl methyl sites for hydroxylation is 1. The first-order chi connectivity index (χ1) is 11.9. The number of amides is 1. The summed E-state index contributed by atoms with van der Waals surface area (Å²) in [5.41, 5.74) is 1.68. The van der Waals surface area contributed by atoms with E-state index in [4.69, 9.17) is 0 Å². The molecular formula is C16H15FN4O3S. The minimum absolute atomic E-state index is 0.0149. The van der Waals surface area contributed by atoms with Crippen LogP contribution in [0.4, 0.5) is 4.39 Å². The molecule has 0 aliphatic carbocycles. The van der Waals surface area contributed by atoms with E-state index < -0.39 is 21.6 Å². The molecule has 25 heavy (non-hydrogen) atoms.